The Labute approximate surface area is 132 Å². The van der Waals surface area contributed by atoms with Crippen molar-refractivity contribution >= 4 is 23.1 Å². The summed E-state index contributed by atoms with van der Waals surface area (Å²) in [5, 5.41) is 5.47. The summed E-state index contributed by atoms with van der Waals surface area (Å²) in [5.41, 5.74) is 1.44. The Morgan fingerprint density at radius 2 is 1.95 bits per heavy atom. The van der Waals surface area contributed by atoms with Crippen molar-refractivity contribution in [1.82, 2.24) is 10.3 Å². The van der Waals surface area contributed by atoms with E-state index in [1.165, 1.54) is 47.7 Å². The summed E-state index contributed by atoms with van der Waals surface area (Å²) in [5.74, 6) is 1.10. The molecule has 1 heterocycles. The van der Waals surface area contributed by atoms with Gasteiger partial charge in [-0.2, -0.15) is 11.8 Å². The third-order valence-electron chi connectivity index (χ3n) is 3.78. The number of rotatable bonds is 5. The van der Waals surface area contributed by atoms with Crippen LogP contribution >= 0.6 is 23.1 Å². The lowest BCUT2D eigenvalue weighted by molar-refractivity contribution is 0.516. The Hall–Kier alpha value is -0.0600. The first kappa shape index (κ1) is 16.3. The third-order valence-corrected chi connectivity index (χ3v) is 6.41. The summed E-state index contributed by atoms with van der Waals surface area (Å²) >= 11 is 4.03. The monoisotopic (exact) mass is 312 g/mol. The van der Waals surface area contributed by atoms with Crippen molar-refractivity contribution in [2.24, 2.45) is 0 Å². The lowest BCUT2D eigenvalue weighted by Crippen LogP contribution is -2.16. The van der Waals surface area contributed by atoms with Crippen molar-refractivity contribution in [2.45, 2.75) is 75.8 Å². The second kappa shape index (κ2) is 7.28. The molecule has 114 valence electrons. The van der Waals surface area contributed by atoms with Gasteiger partial charge in [0.25, 0.3) is 0 Å². The Bertz CT molecular complexity index is 415. The van der Waals surface area contributed by atoms with Gasteiger partial charge in [0.1, 0.15) is 5.01 Å². The largest absolute Gasteiger partial charge is 0.315 e. The van der Waals surface area contributed by atoms with Gasteiger partial charge in [-0.1, -0.05) is 40.0 Å². The van der Waals surface area contributed by atoms with Crippen molar-refractivity contribution in [3.05, 3.63) is 15.6 Å². The van der Waals surface area contributed by atoms with E-state index in [2.05, 4.69) is 37.8 Å². The minimum atomic E-state index is 0.149. The highest BCUT2D eigenvalue weighted by Gasteiger charge is 2.23. The summed E-state index contributed by atoms with van der Waals surface area (Å²) < 4.78 is 0. The van der Waals surface area contributed by atoms with Crippen molar-refractivity contribution < 1.29 is 0 Å². The van der Waals surface area contributed by atoms with Crippen molar-refractivity contribution in [3.63, 3.8) is 0 Å². The topological polar surface area (TPSA) is 24.9 Å². The second-order valence-electron chi connectivity index (χ2n) is 6.73. The van der Waals surface area contributed by atoms with Crippen LogP contribution in [0.4, 0.5) is 0 Å². The number of thiazole rings is 1. The van der Waals surface area contributed by atoms with Gasteiger partial charge in [-0.05, 0) is 19.9 Å². The number of nitrogens with zero attached hydrogens (tertiary/aromatic N) is 1. The SMILES string of the molecule is CNCc1sc(CSC2CCCCC2)nc1C(C)(C)C. The highest BCUT2D eigenvalue weighted by molar-refractivity contribution is 7.99. The Balaban J connectivity index is 2.00. The molecule has 0 saturated heterocycles. The molecule has 1 aliphatic carbocycles. The highest BCUT2D eigenvalue weighted by Crippen LogP contribution is 2.34. The van der Waals surface area contributed by atoms with Crippen LogP contribution in [0.2, 0.25) is 0 Å². The standard InChI is InChI=1S/C16H28N2S2/c1-16(2,3)15-13(10-17-4)20-14(18-15)11-19-12-8-6-5-7-9-12/h12,17H,5-11H2,1-4H3. The minimum Gasteiger partial charge on any atom is -0.315 e. The molecule has 2 rings (SSSR count). The molecule has 4 heteroatoms. The molecule has 0 bridgehead atoms. The maximum absolute atomic E-state index is 4.94. The van der Waals surface area contributed by atoms with Gasteiger partial charge in [0, 0.05) is 27.8 Å². The van der Waals surface area contributed by atoms with E-state index >= 15 is 0 Å². The zero-order valence-corrected chi connectivity index (χ0v) is 14.9. The smallest absolute Gasteiger partial charge is 0.103 e. The lowest BCUT2D eigenvalue weighted by Gasteiger charge is -2.20. The van der Waals surface area contributed by atoms with Crippen LogP contribution in [-0.2, 0) is 17.7 Å². The maximum Gasteiger partial charge on any atom is 0.103 e. The Morgan fingerprint density at radius 1 is 1.25 bits per heavy atom. The molecule has 1 N–H and O–H groups in total. The molecule has 0 amide bonds. The number of thioether (sulfide) groups is 1. The summed E-state index contributed by atoms with van der Waals surface area (Å²) in [4.78, 5) is 6.36. The molecule has 0 aromatic carbocycles. The molecule has 0 aliphatic heterocycles. The molecule has 2 nitrogen and oxygen atoms in total. The molecule has 1 aliphatic rings. The van der Waals surface area contributed by atoms with E-state index in [1.54, 1.807) is 0 Å². The van der Waals surface area contributed by atoms with Gasteiger partial charge in [0.2, 0.25) is 0 Å². The van der Waals surface area contributed by atoms with E-state index in [4.69, 9.17) is 4.98 Å². The first-order valence-corrected chi connectivity index (χ1v) is 9.62. The van der Waals surface area contributed by atoms with Gasteiger partial charge in [-0.25, -0.2) is 4.98 Å². The molecular weight excluding hydrogens is 284 g/mol. The van der Waals surface area contributed by atoms with Crippen LogP contribution in [0, 0.1) is 0 Å². The first-order valence-electron chi connectivity index (χ1n) is 7.76. The summed E-state index contributed by atoms with van der Waals surface area (Å²) in [7, 11) is 2.02. The molecule has 0 spiro atoms. The summed E-state index contributed by atoms with van der Waals surface area (Å²) in [6.07, 6.45) is 7.10. The minimum absolute atomic E-state index is 0.149. The van der Waals surface area contributed by atoms with Gasteiger partial charge in [0.15, 0.2) is 0 Å². The molecule has 0 radical (unpaired) electrons. The van der Waals surface area contributed by atoms with Gasteiger partial charge < -0.3 is 5.32 Å². The van der Waals surface area contributed by atoms with E-state index < -0.39 is 0 Å². The molecule has 1 saturated carbocycles. The quantitative estimate of drug-likeness (QED) is 0.851. The van der Waals surface area contributed by atoms with Gasteiger partial charge in [-0.3, -0.25) is 0 Å². The normalized spacial score (nSPS) is 17.6. The first-order chi connectivity index (χ1) is 9.50. The fourth-order valence-corrected chi connectivity index (χ4v) is 5.39. The molecule has 20 heavy (non-hydrogen) atoms. The average molecular weight is 313 g/mol. The van der Waals surface area contributed by atoms with E-state index in [9.17, 15) is 0 Å². The van der Waals surface area contributed by atoms with E-state index in [1.807, 2.05) is 18.4 Å². The van der Waals surface area contributed by atoms with E-state index in [0.717, 1.165) is 17.5 Å². The van der Waals surface area contributed by atoms with Gasteiger partial charge in [-0.15, -0.1) is 11.3 Å². The Morgan fingerprint density at radius 3 is 2.55 bits per heavy atom. The van der Waals surface area contributed by atoms with Crippen LogP contribution in [0.5, 0.6) is 0 Å². The van der Waals surface area contributed by atoms with Crippen molar-refractivity contribution in [3.8, 4) is 0 Å². The predicted molar refractivity (Wildman–Crippen MR) is 91.7 cm³/mol. The highest BCUT2D eigenvalue weighted by atomic mass is 32.2. The second-order valence-corrected chi connectivity index (χ2v) is 9.19. The fraction of sp³-hybridized carbons (Fsp3) is 0.812. The molecule has 1 aromatic rings. The number of aromatic nitrogens is 1. The van der Waals surface area contributed by atoms with Crippen molar-refractivity contribution in [2.75, 3.05) is 7.05 Å². The van der Waals surface area contributed by atoms with Crippen LogP contribution < -0.4 is 5.32 Å². The summed E-state index contributed by atoms with van der Waals surface area (Å²) in [6, 6.07) is 0. The van der Waals surface area contributed by atoms with Crippen LogP contribution in [0.3, 0.4) is 0 Å². The molecule has 0 atom stereocenters. The molecule has 0 unspecified atom stereocenters. The molecular formula is C16H28N2S2. The molecule has 1 aromatic heterocycles. The van der Waals surface area contributed by atoms with Gasteiger partial charge in [0.05, 0.1) is 5.69 Å². The van der Waals surface area contributed by atoms with Crippen LogP contribution in [-0.4, -0.2) is 17.3 Å². The fourth-order valence-electron chi connectivity index (χ4n) is 2.75. The zero-order valence-electron chi connectivity index (χ0n) is 13.3. The predicted octanol–water partition coefficient (Wildman–Crippen LogP) is 4.73. The average Bonchev–Trinajstić information content (AvgIpc) is 2.81. The number of hydrogen-bond donors (Lipinski definition) is 1. The van der Waals surface area contributed by atoms with Crippen LogP contribution in [0.15, 0.2) is 0 Å². The lowest BCUT2D eigenvalue weighted by atomic mass is 9.91. The number of nitrogens with one attached hydrogen (secondary N) is 1. The Kier molecular flexibility index (Phi) is 5.94. The van der Waals surface area contributed by atoms with Crippen LogP contribution in [0.1, 0.15) is 68.5 Å². The van der Waals surface area contributed by atoms with Crippen LogP contribution in [0.25, 0.3) is 0 Å². The third kappa shape index (κ3) is 4.47. The number of hydrogen-bond acceptors (Lipinski definition) is 4. The molecule has 1 fully saturated rings. The van der Waals surface area contributed by atoms with Gasteiger partial charge >= 0.3 is 0 Å². The zero-order chi connectivity index (χ0) is 14.6. The summed E-state index contributed by atoms with van der Waals surface area (Å²) in [6.45, 7) is 7.73. The maximum atomic E-state index is 4.94. The van der Waals surface area contributed by atoms with E-state index in [0.29, 0.717) is 0 Å². The van der Waals surface area contributed by atoms with E-state index in [-0.39, 0.29) is 5.41 Å². The van der Waals surface area contributed by atoms with Crippen molar-refractivity contribution in [1.29, 1.82) is 0 Å².